The van der Waals surface area contributed by atoms with Crippen molar-refractivity contribution < 1.29 is 13.2 Å². The minimum Gasteiger partial charge on any atom is -0.205 e. The summed E-state index contributed by atoms with van der Waals surface area (Å²) < 4.78 is 52.9. The molecule has 3 heteroatoms. The lowest BCUT2D eigenvalue weighted by Crippen LogP contribution is -2.18. The summed E-state index contributed by atoms with van der Waals surface area (Å²) in [6, 6.07) is 17.7. The highest BCUT2D eigenvalue weighted by Gasteiger charge is 2.32. The van der Waals surface area contributed by atoms with Gasteiger partial charge in [-0.3, -0.25) is 0 Å². The summed E-state index contributed by atoms with van der Waals surface area (Å²) in [5.41, 5.74) is 4.67. The van der Waals surface area contributed by atoms with Crippen molar-refractivity contribution >= 4 is 0 Å². The van der Waals surface area contributed by atoms with Crippen molar-refractivity contribution in [1.82, 2.24) is 0 Å². The summed E-state index contributed by atoms with van der Waals surface area (Å²) in [6.07, 6.45) is 0. The molecule has 276 valence electrons. The Morgan fingerprint density at radius 3 is 0.510 bits per heavy atom. The van der Waals surface area contributed by atoms with Crippen molar-refractivity contribution in [3.05, 3.63) is 105 Å². The van der Waals surface area contributed by atoms with E-state index in [4.69, 9.17) is 0 Å². The maximum absolute atomic E-state index is 17.6. The maximum atomic E-state index is 17.6. The van der Waals surface area contributed by atoms with Crippen LogP contribution in [0.5, 0.6) is 0 Å². The van der Waals surface area contributed by atoms with Gasteiger partial charge in [0.05, 0.1) is 16.7 Å². The van der Waals surface area contributed by atoms with E-state index in [-0.39, 0.29) is 49.2 Å². The summed E-state index contributed by atoms with van der Waals surface area (Å²) in [5, 5.41) is 0. The fourth-order valence-electron chi connectivity index (χ4n) is 6.34. The zero-order valence-electron chi connectivity index (χ0n) is 34.8. The van der Waals surface area contributed by atoms with Crippen molar-refractivity contribution in [1.29, 1.82) is 0 Å². The summed E-state index contributed by atoms with van der Waals surface area (Å²) in [6.45, 7) is 37.8. The molecule has 0 saturated heterocycles. The lowest BCUT2D eigenvalue weighted by atomic mass is 9.76. The molecule has 0 amide bonds. The molecule has 0 heterocycles. The minimum atomic E-state index is -0.881. The van der Waals surface area contributed by atoms with Crippen LogP contribution in [0.2, 0.25) is 0 Å². The first kappa shape index (κ1) is 40.4. The molecular weight excluding hydrogens is 634 g/mol. The molecular formula is C48H63F3. The molecule has 0 fully saturated rings. The Bertz CT molecular complexity index is 1600. The van der Waals surface area contributed by atoms with E-state index in [2.05, 4.69) is 143 Å². The predicted molar refractivity (Wildman–Crippen MR) is 215 cm³/mol. The van der Waals surface area contributed by atoms with Crippen LogP contribution in [0.25, 0.3) is 33.4 Å². The van der Waals surface area contributed by atoms with Gasteiger partial charge >= 0.3 is 0 Å². The van der Waals surface area contributed by atoms with E-state index in [0.29, 0.717) is 16.7 Å². The van der Waals surface area contributed by atoms with Crippen LogP contribution in [0.3, 0.4) is 0 Å². The van der Waals surface area contributed by atoms with E-state index < -0.39 is 17.5 Å². The summed E-state index contributed by atoms with van der Waals surface area (Å²) in [5.74, 6) is -2.64. The molecule has 0 N–H and O–H groups in total. The highest BCUT2D eigenvalue weighted by Crippen LogP contribution is 2.46. The van der Waals surface area contributed by atoms with E-state index >= 15 is 13.2 Å². The van der Waals surface area contributed by atoms with Crippen LogP contribution in [0, 0.1) is 17.5 Å². The average molecular weight is 697 g/mol. The van der Waals surface area contributed by atoms with Gasteiger partial charge in [0.15, 0.2) is 0 Å². The van der Waals surface area contributed by atoms with Gasteiger partial charge in [-0.1, -0.05) is 179 Å². The molecule has 0 radical (unpaired) electrons. The number of hydrogen-bond donors (Lipinski definition) is 0. The standard InChI is InChI=1S/C48H63F3/c1-43(2,3)31-19-28(20-32(25-31)44(4,5)6)37-40(49)38(29-21-33(45(7,8)9)26-34(22-29)46(10,11)12)42(51)39(41(37)50)30-23-35(47(13,14)15)27-36(24-30)48(16,17)18/h19-27H,1-18H3. The molecule has 0 aliphatic carbocycles. The van der Waals surface area contributed by atoms with Crippen molar-refractivity contribution in [3.8, 4) is 33.4 Å². The first-order chi connectivity index (χ1) is 22.8. The molecule has 0 nitrogen and oxygen atoms in total. The van der Waals surface area contributed by atoms with E-state index in [1.807, 2.05) is 36.4 Å². The Balaban J connectivity index is 2.33. The third-order valence-electron chi connectivity index (χ3n) is 10.2. The summed E-state index contributed by atoms with van der Waals surface area (Å²) in [4.78, 5) is 0. The molecule has 0 aliphatic rings. The normalized spacial score (nSPS) is 13.6. The number of hydrogen-bond acceptors (Lipinski definition) is 0. The molecule has 0 aliphatic heterocycles. The van der Waals surface area contributed by atoms with Gasteiger partial charge < -0.3 is 0 Å². The van der Waals surface area contributed by atoms with Gasteiger partial charge in [-0.25, -0.2) is 13.2 Å². The fourth-order valence-corrected chi connectivity index (χ4v) is 6.34. The van der Waals surface area contributed by atoms with E-state index in [1.54, 1.807) is 0 Å². The monoisotopic (exact) mass is 696 g/mol. The average Bonchev–Trinajstić information content (AvgIpc) is 2.94. The third kappa shape index (κ3) is 8.50. The second-order valence-electron chi connectivity index (χ2n) is 21.0. The Morgan fingerprint density at radius 2 is 0.392 bits per heavy atom. The second kappa shape index (κ2) is 13.0. The third-order valence-corrected chi connectivity index (χ3v) is 10.2. The number of rotatable bonds is 3. The quantitative estimate of drug-likeness (QED) is 0.200. The Kier molecular flexibility index (Phi) is 10.3. The topological polar surface area (TPSA) is 0 Å². The van der Waals surface area contributed by atoms with E-state index in [0.717, 1.165) is 33.4 Å². The zero-order chi connectivity index (χ0) is 39.0. The van der Waals surface area contributed by atoms with Gasteiger partial charge in [-0.2, -0.15) is 0 Å². The van der Waals surface area contributed by atoms with Crippen LogP contribution >= 0.6 is 0 Å². The zero-order valence-corrected chi connectivity index (χ0v) is 34.8. The highest BCUT2D eigenvalue weighted by atomic mass is 19.1. The first-order valence-electron chi connectivity index (χ1n) is 18.5. The van der Waals surface area contributed by atoms with E-state index in [1.165, 1.54) is 0 Å². The number of benzene rings is 4. The molecule has 4 aromatic rings. The van der Waals surface area contributed by atoms with Crippen LogP contribution in [0.4, 0.5) is 13.2 Å². The molecule has 4 aromatic carbocycles. The molecule has 4 rings (SSSR count). The first-order valence-corrected chi connectivity index (χ1v) is 18.5. The molecule has 0 bridgehead atoms. The molecule has 0 aromatic heterocycles. The molecule has 0 unspecified atom stereocenters. The van der Waals surface area contributed by atoms with Crippen LogP contribution < -0.4 is 0 Å². The number of halogens is 3. The predicted octanol–water partition coefficient (Wildman–Crippen LogP) is 14.9. The van der Waals surface area contributed by atoms with Crippen LogP contribution in [0.1, 0.15) is 158 Å². The van der Waals surface area contributed by atoms with Gasteiger partial charge in [0.1, 0.15) is 17.5 Å². The molecule has 0 saturated carbocycles. The van der Waals surface area contributed by atoms with Crippen molar-refractivity contribution in [3.63, 3.8) is 0 Å². The smallest absolute Gasteiger partial charge is 0.144 e. The second-order valence-corrected chi connectivity index (χ2v) is 21.0. The van der Waals surface area contributed by atoms with Crippen LogP contribution in [0.15, 0.2) is 54.6 Å². The van der Waals surface area contributed by atoms with Crippen molar-refractivity contribution in [2.45, 2.75) is 157 Å². The van der Waals surface area contributed by atoms with Crippen LogP contribution in [-0.4, -0.2) is 0 Å². The van der Waals surface area contributed by atoms with Gasteiger partial charge in [0.25, 0.3) is 0 Å². The van der Waals surface area contributed by atoms with E-state index in [9.17, 15) is 0 Å². The summed E-state index contributed by atoms with van der Waals surface area (Å²) >= 11 is 0. The van der Waals surface area contributed by atoms with Gasteiger partial charge in [-0.15, -0.1) is 0 Å². The van der Waals surface area contributed by atoms with Crippen LogP contribution in [-0.2, 0) is 32.5 Å². The van der Waals surface area contributed by atoms with Gasteiger partial charge in [0, 0.05) is 0 Å². The SMILES string of the molecule is CC(C)(C)c1cc(-c2c(F)c(-c3cc(C(C)(C)C)cc(C(C)(C)C)c3)c(F)c(-c3cc(C(C)(C)C)cc(C(C)(C)C)c3)c2F)cc(C(C)(C)C)c1. The van der Waals surface area contributed by atoms with Crippen molar-refractivity contribution in [2.75, 3.05) is 0 Å². The maximum Gasteiger partial charge on any atom is 0.144 e. The summed E-state index contributed by atoms with van der Waals surface area (Å²) in [7, 11) is 0. The molecule has 0 spiro atoms. The highest BCUT2D eigenvalue weighted by molar-refractivity contribution is 5.85. The molecule has 51 heavy (non-hydrogen) atoms. The molecule has 0 atom stereocenters. The lowest BCUT2D eigenvalue weighted by Gasteiger charge is -2.28. The minimum absolute atomic E-state index is 0.199. The Labute approximate surface area is 308 Å². The van der Waals surface area contributed by atoms with Gasteiger partial charge in [-0.05, 0) is 82.6 Å². The Morgan fingerprint density at radius 1 is 0.255 bits per heavy atom. The largest absolute Gasteiger partial charge is 0.205 e. The van der Waals surface area contributed by atoms with Gasteiger partial charge in [0.2, 0.25) is 0 Å². The Hall–Kier alpha value is -3.33. The lowest BCUT2D eigenvalue weighted by molar-refractivity contribution is 0.551. The van der Waals surface area contributed by atoms with Crippen molar-refractivity contribution in [2.24, 2.45) is 0 Å². The fraction of sp³-hybridized carbons (Fsp3) is 0.500.